The number of halogens is 2. The van der Waals surface area contributed by atoms with Crippen molar-refractivity contribution in [1.82, 2.24) is 5.48 Å². The van der Waals surface area contributed by atoms with Crippen molar-refractivity contribution in [2.75, 3.05) is 0 Å². The maximum Gasteiger partial charge on any atom is 0.248 e. The summed E-state index contributed by atoms with van der Waals surface area (Å²) in [4.78, 5) is 16.8. The van der Waals surface area contributed by atoms with Crippen molar-refractivity contribution in [3.8, 4) is 0 Å². The van der Waals surface area contributed by atoms with E-state index in [0.29, 0.717) is 15.6 Å². The monoisotopic (exact) mass is 275 g/mol. The molecule has 3 nitrogen and oxygen atoms in total. The third kappa shape index (κ3) is 4.94. The van der Waals surface area contributed by atoms with Gasteiger partial charge >= 0.3 is 0 Å². The first-order chi connectivity index (χ1) is 7.79. The van der Waals surface area contributed by atoms with Gasteiger partial charge in [-0.2, -0.15) is 0 Å². The molecule has 0 heterocycles. The van der Waals surface area contributed by atoms with E-state index in [2.05, 4.69) is 5.48 Å². The highest BCUT2D eigenvalue weighted by Crippen LogP contribution is 2.24. The Labute approximate surface area is 111 Å². The fourth-order valence-electron chi connectivity index (χ4n) is 1.11. The predicted octanol–water partition coefficient (Wildman–Crippen LogP) is 3.38. The van der Waals surface area contributed by atoms with Crippen LogP contribution in [0.15, 0.2) is 18.2 Å². The molecule has 0 spiro atoms. The maximum atomic E-state index is 11.6. The highest BCUT2D eigenvalue weighted by molar-refractivity contribution is 6.36. The van der Waals surface area contributed by atoms with Crippen LogP contribution in [0, 0.1) is 0 Å². The van der Waals surface area contributed by atoms with E-state index in [0.717, 1.165) is 0 Å². The Morgan fingerprint density at radius 1 is 1.29 bits per heavy atom. The second kappa shape index (κ2) is 5.71. The maximum absolute atomic E-state index is 11.6. The second-order valence-electron chi connectivity index (χ2n) is 4.62. The van der Waals surface area contributed by atoms with Crippen molar-refractivity contribution in [3.05, 3.63) is 33.8 Å². The van der Waals surface area contributed by atoms with E-state index >= 15 is 0 Å². The van der Waals surface area contributed by atoms with Gasteiger partial charge in [0, 0.05) is 10.0 Å². The molecule has 1 aromatic rings. The minimum absolute atomic E-state index is 0.0919. The molecule has 0 fully saturated rings. The molecular formula is C12H15Cl2NO2. The zero-order valence-corrected chi connectivity index (χ0v) is 11.5. The number of nitrogens with one attached hydrogen (secondary N) is 1. The van der Waals surface area contributed by atoms with Crippen molar-refractivity contribution >= 4 is 29.1 Å². The highest BCUT2D eigenvalue weighted by atomic mass is 35.5. The van der Waals surface area contributed by atoms with Crippen LogP contribution in [0.2, 0.25) is 10.0 Å². The van der Waals surface area contributed by atoms with Gasteiger partial charge in [-0.15, -0.1) is 0 Å². The standard InChI is InChI=1S/C12H15Cl2NO2/c1-12(2,3)17-15-11(16)7-8-9(13)5-4-6-10(8)14/h4-6H,7H2,1-3H3,(H,15,16). The Bertz CT molecular complexity index is 393. The molecule has 94 valence electrons. The first-order valence-corrected chi connectivity index (χ1v) is 5.95. The quantitative estimate of drug-likeness (QED) is 0.859. The average molecular weight is 276 g/mol. The average Bonchev–Trinajstić information content (AvgIpc) is 2.20. The summed E-state index contributed by atoms with van der Waals surface area (Å²) >= 11 is 11.9. The minimum atomic E-state index is -0.431. The third-order valence-electron chi connectivity index (χ3n) is 1.87. The molecule has 1 amide bonds. The Morgan fingerprint density at radius 3 is 2.29 bits per heavy atom. The first kappa shape index (κ1) is 14.3. The smallest absolute Gasteiger partial charge is 0.248 e. The lowest BCUT2D eigenvalue weighted by atomic mass is 10.1. The number of rotatable bonds is 3. The van der Waals surface area contributed by atoms with Crippen molar-refractivity contribution in [3.63, 3.8) is 0 Å². The van der Waals surface area contributed by atoms with Gasteiger partial charge < -0.3 is 0 Å². The van der Waals surface area contributed by atoms with Gasteiger partial charge in [0.25, 0.3) is 0 Å². The van der Waals surface area contributed by atoms with E-state index in [-0.39, 0.29) is 12.3 Å². The predicted molar refractivity (Wildman–Crippen MR) is 69.1 cm³/mol. The molecular weight excluding hydrogens is 261 g/mol. The molecule has 0 aliphatic rings. The van der Waals surface area contributed by atoms with Gasteiger partial charge in [-0.1, -0.05) is 29.3 Å². The zero-order chi connectivity index (χ0) is 13.1. The number of carbonyl (C=O) groups excluding carboxylic acids is 1. The topological polar surface area (TPSA) is 38.3 Å². The van der Waals surface area contributed by atoms with Gasteiger partial charge in [-0.3, -0.25) is 9.63 Å². The summed E-state index contributed by atoms with van der Waals surface area (Å²) in [7, 11) is 0. The Kier molecular flexibility index (Phi) is 4.80. The lowest BCUT2D eigenvalue weighted by Gasteiger charge is -2.19. The van der Waals surface area contributed by atoms with E-state index in [1.54, 1.807) is 18.2 Å². The van der Waals surface area contributed by atoms with Gasteiger partial charge in [-0.25, -0.2) is 5.48 Å². The molecule has 0 saturated carbocycles. The third-order valence-corrected chi connectivity index (χ3v) is 2.58. The van der Waals surface area contributed by atoms with Crippen LogP contribution < -0.4 is 5.48 Å². The molecule has 1 aromatic carbocycles. The van der Waals surface area contributed by atoms with Gasteiger partial charge in [0.2, 0.25) is 5.91 Å². The van der Waals surface area contributed by atoms with Crippen LogP contribution in [0.5, 0.6) is 0 Å². The number of carbonyl (C=O) groups is 1. The lowest BCUT2D eigenvalue weighted by molar-refractivity contribution is -0.144. The van der Waals surface area contributed by atoms with Crippen molar-refractivity contribution in [2.45, 2.75) is 32.8 Å². The van der Waals surface area contributed by atoms with Gasteiger partial charge in [-0.05, 0) is 38.5 Å². The molecule has 0 saturated heterocycles. The van der Waals surface area contributed by atoms with Crippen molar-refractivity contribution in [1.29, 1.82) is 0 Å². The van der Waals surface area contributed by atoms with E-state index < -0.39 is 5.60 Å². The number of hydrogen-bond acceptors (Lipinski definition) is 2. The van der Waals surface area contributed by atoms with E-state index in [4.69, 9.17) is 28.0 Å². The molecule has 17 heavy (non-hydrogen) atoms. The molecule has 0 atom stereocenters. The number of hydroxylamine groups is 1. The number of benzene rings is 1. The van der Waals surface area contributed by atoms with Gasteiger partial charge in [0.15, 0.2) is 0 Å². The van der Waals surface area contributed by atoms with Crippen molar-refractivity contribution in [2.24, 2.45) is 0 Å². The van der Waals surface area contributed by atoms with Gasteiger partial charge in [0.05, 0.1) is 12.0 Å². The Balaban J connectivity index is 2.63. The SMILES string of the molecule is CC(C)(C)ONC(=O)Cc1c(Cl)cccc1Cl. The van der Waals surface area contributed by atoms with Crippen LogP contribution in [-0.2, 0) is 16.1 Å². The summed E-state index contributed by atoms with van der Waals surface area (Å²) in [5.41, 5.74) is 2.54. The second-order valence-corrected chi connectivity index (χ2v) is 5.43. The van der Waals surface area contributed by atoms with Crippen LogP contribution in [0.3, 0.4) is 0 Å². The summed E-state index contributed by atoms with van der Waals surface area (Å²) in [5.74, 6) is -0.282. The molecule has 1 N–H and O–H groups in total. The Morgan fingerprint density at radius 2 is 1.82 bits per heavy atom. The van der Waals surface area contributed by atoms with Crippen LogP contribution in [0.1, 0.15) is 26.3 Å². The molecule has 0 aliphatic carbocycles. The van der Waals surface area contributed by atoms with Crippen LogP contribution in [0.25, 0.3) is 0 Å². The van der Waals surface area contributed by atoms with Crippen LogP contribution in [-0.4, -0.2) is 11.5 Å². The normalized spacial score (nSPS) is 11.4. The summed E-state index contributed by atoms with van der Waals surface area (Å²) in [6.45, 7) is 5.53. The minimum Gasteiger partial charge on any atom is -0.272 e. The fourth-order valence-corrected chi connectivity index (χ4v) is 1.64. The zero-order valence-electron chi connectivity index (χ0n) is 10.0. The van der Waals surface area contributed by atoms with E-state index in [9.17, 15) is 4.79 Å². The fraction of sp³-hybridized carbons (Fsp3) is 0.417. The summed E-state index contributed by atoms with van der Waals surface area (Å²) in [6, 6.07) is 5.12. The lowest BCUT2D eigenvalue weighted by Crippen LogP contribution is -2.34. The van der Waals surface area contributed by atoms with Gasteiger partial charge in [0.1, 0.15) is 0 Å². The molecule has 0 bridgehead atoms. The summed E-state index contributed by atoms with van der Waals surface area (Å²) in [6.07, 6.45) is 0.0919. The van der Waals surface area contributed by atoms with Crippen LogP contribution >= 0.6 is 23.2 Å². The molecule has 0 unspecified atom stereocenters. The molecule has 0 aromatic heterocycles. The van der Waals surface area contributed by atoms with Crippen LogP contribution in [0.4, 0.5) is 0 Å². The largest absolute Gasteiger partial charge is 0.272 e. The molecule has 5 heteroatoms. The Hall–Kier alpha value is -0.770. The van der Waals surface area contributed by atoms with E-state index in [1.165, 1.54) is 0 Å². The van der Waals surface area contributed by atoms with E-state index in [1.807, 2.05) is 20.8 Å². The molecule has 0 aliphatic heterocycles. The highest BCUT2D eigenvalue weighted by Gasteiger charge is 2.15. The summed E-state index contributed by atoms with van der Waals surface area (Å²) < 4.78 is 0. The molecule has 1 rings (SSSR count). The molecule has 0 radical (unpaired) electrons. The summed E-state index contributed by atoms with van der Waals surface area (Å²) in [5, 5.41) is 0.951. The van der Waals surface area contributed by atoms with Crippen molar-refractivity contribution < 1.29 is 9.63 Å². The number of hydrogen-bond donors (Lipinski definition) is 1. The number of amides is 1. The first-order valence-electron chi connectivity index (χ1n) is 5.19.